The lowest BCUT2D eigenvalue weighted by Crippen LogP contribution is -2.47. The Balaban J connectivity index is 1.33. The first kappa shape index (κ1) is 19.2. The van der Waals surface area contributed by atoms with E-state index in [0.29, 0.717) is 11.5 Å². The normalized spacial score (nSPS) is 14.7. The number of carbonyl (C=O) groups excluding carboxylic acids is 1. The van der Waals surface area contributed by atoms with Crippen LogP contribution in [0.4, 0.5) is 11.6 Å². The number of hydrogen-bond acceptors (Lipinski definition) is 6. The lowest BCUT2D eigenvalue weighted by atomic mass is 10.1. The van der Waals surface area contributed by atoms with Crippen LogP contribution in [-0.2, 0) is 0 Å². The number of aromatic nitrogens is 4. The number of benzene rings is 1. The van der Waals surface area contributed by atoms with E-state index in [1.165, 1.54) is 0 Å². The topological polar surface area (TPSA) is 78.7 Å². The molecule has 0 atom stereocenters. The average Bonchev–Trinajstić information content (AvgIpc) is 3.23. The Morgan fingerprint density at radius 2 is 1.77 bits per heavy atom. The molecule has 4 heterocycles. The predicted octanol–water partition coefficient (Wildman–Crippen LogP) is 2.92. The van der Waals surface area contributed by atoms with Gasteiger partial charge >= 0.3 is 0 Å². The van der Waals surface area contributed by atoms with Crippen molar-refractivity contribution in [1.29, 1.82) is 0 Å². The fourth-order valence-electron chi connectivity index (χ4n) is 3.71. The fraction of sp³-hybridized carbons (Fsp3) is 0.217. The van der Waals surface area contributed by atoms with Crippen LogP contribution in [0.5, 0.6) is 0 Å². The summed E-state index contributed by atoms with van der Waals surface area (Å²) in [4.78, 5) is 25.5. The molecule has 8 nitrogen and oxygen atoms in total. The van der Waals surface area contributed by atoms with Gasteiger partial charge in [0, 0.05) is 55.4 Å². The van der Waals surface area contributed by atoms with Gasteiger partial charge in [-0.05, 0) is 55.6 Å². The van der Waals surface area contributed by atoms with Crippen LogP contribution in [0.25, 0.3) is 16.8 Å². The van der Waals surface area contributed by atoms with Gasteiger partial charge in [0.15, 0.2) is 0 Å². The Labute approximate surface area is 180 Å². The summed E-state index contributed by atoms with van der Waals surface area (Å²) >= 11 is 0. The minimum absolute atomic E-state index is 0.0748. The Kier molecular flexibility index (Phi) is 5.05. The highest BCUT2D eigenvalue weighted by molar-refractivity contribution is 5.94. The zero-order valence-corrected chi connectivity index (χ0v) is 17.3. The zero-order valence-electron chi connectivity index (χ0n) is 17.3. The lowest BCUT2D eigenvalue weighted by Gasteiger charge is -2.32. The van der Waals surface area contributed by atoms with E-state index in [4.69, 9.17) is 0 Å². The molecule has 156 valence electrons. The molecule has 1 aliphatic heterocycles. The van der Waals surface area contributed by atoms with E-state index in [2.05, 4.69) is 32.3 Å². The van der Waals surface area contributed by atoms with Gasteiger partial charge in [-0.3, -0.25) is 9.78 Å². The van der Waals surface area contributed by atoms with Gasteiger partial charge in [0.05, 0.1) is 17.4 Å². The number of nitrogens with one attached hydrogen (secondary N) is 1. The second-order valence-corrected chi connectivity index (χ2v) is 7.68. The minimum Gasteiger partial charge on any atom is -0.336 e. The molecule has 0 unspecified atom stereocenters. The van der Waals surface area contributed by atoms with Crippen LogP contribution in [0.1, 0.15) is 10.4 Å². The monoisotopic (exact) mass is 413 g/mol. The van der Waals surface area contributed by atoms with E-state index in [1.54, 1.807) is 12.4 Å². The quantitative estimate of drug-likeness (QED) is 0.554. The molecule has 1 aromatic carbocycles. The smallest absolute Gasteiger partial charge is 0.253 e. The van der Waals surface area contributed by atoms with E-state index >= 15 is 0 Å². The van der Waals surface area contributed by atoms with Crippen LogP contribution in [0.3, 0.4) is 0 Å². The van der Waals surface area contributed by atoms with E-state index in [-0.39, 0.29) is 5.91 Å². The third-order valence-corrected chi connectivity index (χ3v) is 5.53. The van der Waals surface area contributed by atoms with Crippen molar-refractivity contribution >= 4 is 23.1 Å². The first-order valence-corrected chi connectivity index (χ1v) is 10.3. The molecular weight excluding hydrogens is 390 g/mol. The Bertz CT molecular complexity index is 1200. The van der Waals surface area contributed by atoms with E-state index in [0.717, 1.165) is 48.6 Å². The summed E-state index contributed by atoms with van der Waals surface area (Å²) in [6.07, 6.45) is 5.34. The van der Waals surface area contributed by atoms with E-state index in [1.807, 2.05) is 64.1 Å². The van der Waals surface area contributed by atoms with Gasteiger partial charge in [-0.2, -0.15) is 0 Å². The molecule has 1 fully saturated rings. The van der Waals surface area contributed by atoms with E-state index in [9.17, 15) is 4.79 Å². The largest absolute Gasteiger partial charge is 0.336 e. The Morgan fingerprint density at radius 3 is 2.52 bits per heavy atom. The molecule has 31 heavy (non-hydrogen) atoms. The van der Waals surface area contributed by atoms with Crippen LogP contribution in [0.2, 0.25) is 0 Å². The Morgan fingerprint density at radius 1 is 0.968 bits per heavy atom. The van der Waals surface area contributed by atoms with Crippen molar-refractivity contribution in [1.82, 2.24) is 29.4 Å². The molecule has 0 bridgehead atoms. The van der Waals surface area contributed by atoms with Gasteiger partial charge in [-0.25, -0.2) is 9.50 Å². The maximum Gasteiger partial charge on any atom is 0.253 e. The van der Waals surface area contributed by atoms with Gasteiger partial charge in [0.2, 0.25) is 5.95 Å². The summed E-state index contributed by atoms with van der Waals surface area (Å²) in [5.41, 5.74) is 4.35. The van der Waals surface area contributed by atoms with Crippen molar-refractivity contribution in [3.63, 3.8) is 0 Å². The second-order valence-electron chi connectivity index (χ2n) is 7.68. The van der Waals surface area contributed by atoms with Crippen LogP contribution in [-0.4, -0.2) is 68.5 Å². The number of carbonyl (C=O) groups is 1. The number of hydrogen-bond donors (Lipinski definition) is 1. The molecule has 1 amide bonds. The summed E-state index contributed by atoms with van der Waals surface area (Å²) < 4.78 is 1.84. The highest BCUT2D eigenvalue weighted by Crippen LogP contribution is 2.22. The maximum absolute atomic E-state index is 12.7. The third kappa shape index (κ3) is 3.97. The molecule has 0 aliphatic carbocycles. The summed E-state index contributed by atoms with van der Waals surface area (Å²) in [6.45, 7) is 3.34. The van der Waals surface area contributed by atoms with Crippen molar-refractivity contribution in [3.05, 3.63) is 72.7 Å². The molecule has 1 N–H and O–H groups in total. The molecule has 0 radical (unpaired) electrons. The molecule has 1 aliphatic rings. The first-order chi connectivity index (χ1) is 15.2. The number of amides is 1. The number of rotatable bonds is 4. The Hall–Kier alpha value is -3.78. The predicted molar refractivity (Wildman–Crippen MR) is 119 cm³/mol. The highest BCUT2D eigenvalue weighted by atomic mass is 16.2. The minimum atomic E-state index is 0.0748. The molecular formula is C23H23N7O. The van der Waals surface area contributed by atoms with Crippen molar-refractivity contribution in [3.8, 4) is 11.3 Å². The molecule has 3 aromatic heterocycles. The number of piperazine rings is 1. The van der Waals surface area contributed by atoms with Gasteiger partial charge < -0.3 is 15.1 Å². The first-order valence-electron chi connectivity index (χ1n) is 10.3. The second kappa shape index (κ2) is 8.16. The van der Waals surface area contributed by atoms with Crippen LogP contribution >= 0.6 is 0 Å². The third-order valence-electron chi connectivity index (χ3n) is 5.53. The molecule has 0 spiro atoms. The van der Waals surface area contributed by atoms with Crippen molar-refractivity contribution in [2.45, 2.75) is 0 Å². The van der Waals surface area contributed by atoms with Crippen molar-refractivity contribution < 1.29 is 4.79 Å². The standard InChI is InChI=1S/C23H23N7O/c1-28-11-13-29(14-12-28)22(31)17-4-6-19(7-5-17)26-23-25-16-20-8-9-21(30(20)27-23)18-3-2-10-24-15-18/h2-10,15-16H,11-14H2,1H3,(H,26,27). The molecule has 4 aromatic rings. The maximum atomic E-state index is 12.7. The lowest BCUT2D eigenvalue weighted by molar-refractivity contribution is 0.0664. The number of pyridine rings is 1. The average molecular weight is 413 g/mol. The summed E-state index contributed by atoms with van der Waals surface area (Å²) in [5.74, 6) is 0.553. The van der Waals surface area contributed by atoms with Gasteiger partial charge in [0.25, 0.3) is 5.91 Å². The van der Waals surface area contributed by atoms with E-state index < -0.39 is 0 Å². The highest BCUT2D eigenvalue weighted by Gasteiger charge is 2.20. The van der Waals surface area contributed by atoms with Crippen molar-refractivity contribution in [2.75, 3.05) is 38.5 Å². The SMILES string of the molecule is CN1CCN(C(=O)c2ccc(Nc3ncc4ccc(-c5cccnc5)n4n3)cc2)CC1. The van der Waals surface area contributed by atoms with Gasteiger partial charge in [0.1, 0.15) is 0 Å². The number of anilines is 2. The molecule has 0 saturated carbocycles. The zero-order chi connectivity index (χ0) is 21.2. The van der Waals surface area contributed by atoms with Crippen LogP contribution in [0.15, 0.2) is 67.1 Å². The number of likely N-dealkylation sites (N-methyl/N-ethyl adjacent to an activating group) is 1. The number of fused-ring (bicyclic) bond motifs is 1. The van der Waals surface area contributed by atoms with Gasteiger partial charge in [-0.1, -0.05) is 0 Å². The fourth-order valence-corrected chi connectivity index (χ4v) is 3.71. The summed E-state index contributed by atoms with van der Waals surface area (Å²) in [7, 11) is 2.08. The summed E-state index contributed by atoms with van der Waals surface area (Å²) in [5, 5.41) is 7.86. The van der Waals surface area contributed by atoms with Crippen LogP contribution in [0, 0.1) is 0 Å². The molecule has 8 heteroatoms. The molecule has 5 rings (SSSR count). The number of nitrogens with zero attached hydrogens (tertiary/aromatic N) is 6. The van der Waals surface area contributed by atoms with Crippen LogP contribution < -0.4 is 5.32 Å². The molecule has 1 saturated heterocycles. The summed E-state index contributed by atoms with van der Waals surface area (Å²) in [6, 6.07) is 15.3. The van der Waals surface area contributed by atoms with Gasteiger partial charge in [-0.15, -0.1) is 5.10 Å². The van der Waals surface area contributed by atoms with Crippen molar-refractivity contribution in [2.24, 2.45) is 0 Å².